The van der Waals surface area contributed by atoms with Crippen molar-refractivity contribution in [2.75, 3.05) is 22.1 Å². The topological polar surface area (TPSA) is 154 Å². The van der Waals surface area contributed by atoms with Crippen LogP contribution in [0, 0.1) is 0 Å². The first-order valence-electron chi connectivity index (χ1n) is 13.9. The second-order valence-electron chi connectivity index (χ2n) is 10.3. The number of fused-ring (bicyclic) bond motifs is 2. The van der Waals surface area contributed by atoms with Crippen LogP contribution in [0.25, 0.3) is 21.5 Å². The monoisotopic (exact) mass is 594 g/mol. The number of hydrogen-bond acceptors (Lipinski definition) is 7. The lowest BCUT2D eigenvalue weighted by Crippen LogP contribution is -2.16. The summed E-state index contributed by atoms with van der Waals surface area (Å²) in [6.45, 7) is 0. The number of nitrogens with one attached hydrogen (secondary N) is 2. The molecule has 9 nitrogen and oxygen atoms in total. The first-order valence-corrected chi connectivity index (χ1v) is 13.9. The molecule has 0 aliphatic heterocycles. The highest BCUT2D eigenvalue weighted by Crippen LogP contribution is 2.28. The molecule has 9 heteroatoms. The van der Waals surface area contributed by atoms with Gasteiger partial charge in [0, 0.05) is 33.9 Å². The normalized spacial score (nSPS) is 10.8. The Labute approximate surface area is 257 Å². The van der Waals surface area contributed by atoms with Gasteiger partial charge in [-0.3, -0.25) is 9.59 Å². The minimum atomic E-state index is -0.903. The summed E-state index contributed by atoms with van der Waals surface area (Å²) in [7, 11) is 0. The third kappa shape index (κ3) is 6.18. The van der Waals surface area contributed by atoms with Gasteiger partial charge in [-0.25, -0.2) is 9.59 Å². The maximum absolute atomic E-state index is 13.5. The van der Waals surface area contributed by atoms with Crippen molar-refractivity contribution in [1.82, 2.24) is 0 Å². The van der Waals surface area contributed by atoms with E-state index in [1.165, 1.54) is 12.1 Å². The predicted octanol–water partition coefficient (Wildman–Crippen LogP) is 6.66. The van der Waals surface area contributed by atoms with Crippen LogP contribution in [0.2, 0.25) is 0 Å². The largest absolute Gasteiger partial charge is 0.399 e. The van der Waals surface area contributed by atoms with Gasteiger partial charge in [0.15, 0.2) is 0 Å². The molecule has 220 valence electrons. The molecule has 0 saturated carbocycles. The second-order valence-corrected chi connectivity index (χ2v) is 10.3. The quantitative estimate of drug-likeness (QED) is 0.0955. The molecule has 0 heterocycles. The number of nitrogen functional groups attached to an aromatic ring is 2. The number of nitrogens with two attached hydrogens (primary N) is 2. The summed E-state index contributed by atoms with van der Waals surface area (Å²) >= 11 is 0. The van der Waals surface area contributed by atoms with E-state index in [0.717, 1.165) is 0 Å². The van der Waals surface area contributed by atoms with E-state index in [1.54, 1.807) is 109 Å². The van der Waals surface area contributed by atoms with Gasteiger partial charge in [0.2, 0.25) is 0 Å². The molecule has 0 bridgehead atoms. The van der Waals surface area contributed by atoms with Crippen LogP contribution in [-0.2, 0) is 4.74 Å². The Bertz CT molecular complexity index is 1970. The number of carbonyl (C=O) groups is 4. The molecule has 0 spiro atoms. The van der Waals surface area contributed by atoms with Gasteiger partial charge in [0.25, 0.3) is 11.8 Å². The Balaban J connectivity index is 1.30. The van der Waals surface area contributed by atoms with Gasteiger partial charge in [-0.05, 0) is 94.3 Å². The Morgan fingerprint density at radius 2 is 0.867 bits per heavy atom. The van der Waals surface area contributed by atoms with Crippen LogP contribution in [0.4, 0.5) is 22.7 Å². The zero-order valence-corrected chi connectivity index (χ0v) is 23.7. The van der Waals surface area contributed by atoms with E-state index in [2.05, 4.69) is 10.6 Å². The van der Waals surface area contributed by atoms with Crippen LogP contribution in [0.1, 0.15) is 41.4 Å². The minimum absolute atomic E-state index is 0.0890. The Hall–Kier alpha value is -6.48. The van der Waals surface area contributed by atoms with Gasteiger partial charge < -0.3 is 26.8 Å². The van der Waals surface area contributed by atoms with Crippen molar-refractivity contribution in [3.63, 3.8) is 0 Å². The van der Waals surface area contributed by atoms with Crippen molar-refractivity contribution in [2.24, 2.45) is 0 Å². The molecule has 0 saturated heterocycles. The van der Waals surface area contributed by atoms with E-state index in [0.29, 0.717) is 55.4 Å². The number of anilines is 4. The number of rotatable bonds is 6. The van der Waals surface area contributed by atoms with E-state index in [4.69, 9.17) is 16.2 Å². The van der Waals surface area contributed by atoms with Crippen molar-refractivity contribution in [1.29, 1.82) is 0 Å². The third-order valence-electron chi connectivity index (χ3n) is 7.21. The zero-order chi connectivity index (χ0) is 31.5. The first kappa shape index (κ1) is 28.6. The van der Waals surface area contributed by atoms with Crippen molar-refractivity contribution in [3.05, 3.63) is 144 Å². The first-order chi connectivity index (χ1) is 21.7. The highest BCUT2D eigenvalue weighted by atomic mass is 16.6. The van der Waals surface area contributed by atoms with Crippen molar-refractivity contribution in [3.8, 4) is 0 Å². The van der Waals surface area contributed by atoms with Crippen LogP contribution < -0.4 is 22.1 Å². The summed E-state index contributed by atoms with van der Waals surface area (Å²) in [6, 6.07) is 33.4. The average molecular weight is 595 g/mol. The fraction of sp³-hybridized carbons (Fsp3) is 0. The third-order valence-corrected chi connectivity index (χ3v) is 7.21. The maximum Gasteiger partial charge on any atom is 0.346 e. The van der Waals surface area contributed by atoms with Gasteiger partial charge in [-0.1, -0.05) is 48.5 Å². The number of amides is 2. The molecule has 45 heavy (non-hydrogen) atoms. The molecule has 0 fully saturated rings. The summed E-state index contributed by atoms with van der Waals surface area (Å²) in [5.74, 6) is -2.60. The van der Waals surface area contributed by atoms with Crippen LogP contribution in [-0.4, -0.2) is 23.8 Å². The van der Waals surface area contributed by atoms with Crippen molar-refractivity contribution < 1.29 is 23.9 Å². The molecule has 6 aromatic rings. The second kappa shape index (κ2) is 12.0. The van der Waals surface area contributed by atoms with Gasteiger partial charge in [-0.2, -0.15) is 0 Å². The maximum atomic E-state index is 13.5. The van der Waals surface area contributed by atoms with Crippen LogP contribution in [0.5, 0.6) is 0 Å². The van der Waals surface area contributed by atoms with E-state index >= 15 is 0 Å². The fourth-order valence-corrected chi connectivity index (χ4v) is 4.97. The van der Waals surface area contributed by atoms with E-state index in [9.17, 15) is 19.2 Å². The van der Waals surface area contributed by atoms with Crippen LogP contribution >= 0.6 is 0 Å². The van der Waals surface area contributed by atoms with E-state index < -0.39 is 23.8 Å². The molecule has 2 amide bonds. The molecule has 0 aromatic heterocycles. The molecule has 0 atom stereocenters. The smallest absolute Gasteiger partial charge is 0.346 e. The Kier molecular flexibility index (Phi) is 7.65. The molecular formula is C36H26N4O5. The number of benzene rings is 6. The molecule has 0 radical (unpaired) electrons. The summed E-state index contributed by atoms with van der Waals surface area (Å²) in [6.07, 6.45) is 0. The van der Waals surface area contributed by atoms with Crippen molar-refractivity contribution in [2.45, 2.75) is 0 Å². The van der Waals surface area contributed by atoms with Gasteiger partial charge >= 0.3 is 11.9 Å². The molecule has 6 rings (SSSR count). The minimum Gasteiger partial charge on any atom is -0.399 e. The van der Waals surface area contributed by atoms with Gasteiger partial charge in [0.05, 0.1) is 11.1 Å². The lowest BCUT2D eigenvalue weighted by Gasteiger charge is -2.13. The average Bonchev–Trinajstić information content (AvgIpc) is 3.04. The molecule has 6 aromatic carbocycles. The summed E-state index contributed by atoms with van der Waals surface area (Å²) in [4.78, 5) is 52.9. The van der Waals surface area contributed by atoms with Crippen LogP contribution in [0.15, 0.2) is 121 Å². The van der Waals surface area contributed by atoms with Crippen molar-refractivity contribution >= 4 is 68.0 Å². The Morgan fingerprint density at radius 1 is 0.489 bits per heavy atom. The fourth-order valence-electron chi connectivity index (χ4n) is 4.97. The number of carbonyl (C=O) groups excluding carboxylic acids is 4. The number of hydrogen-bond donors (Lipinski definition) is 4. The molecular weight excluding hydrogens is 568 g/mol. The molecule has 0 aliphatic carbocycles. The highest BCUT2D eigenvalue weighted by molar-refractivity contribution is 6.15. The summed E-state index contributed by atoms with van der Waals surface area (Å²) in [5, 5.41) is 7.98. The lowest BCUT2D eigenvalue weighted by atomic mass is 10.0. The zero-order valence-electron chi connectivity index (χ0n) is 23.7. The predicted molar refractivity (Wildman–Crippen MR) is 175 cm³/mol. The standard InChI is InChI=1S/C36H26N4O5/c37-25-13-9-21(10-14-25)33(41)39-27-17-23-5-1-3-7-29(23)31(19-27)35(43)45-36(44)32-20-28(18-24-6-2-4-8-30(24)32)40-34(42)22-11-15-26(38)16-12-22/h1-20H,37-38H2,(H,39,41)(H,40,42). The van der Waals surface area contributed by atoms with Crippen LogP contribution in [0.3, 0.4) is 0 Å². The SMILES string of the molecule is Nc1ccc(C(=O)Nc2cc(C(=O)OC(=O)c3cc(NC(=O)c4ccc(N)cc4)cc4ccccc34)c3ccccc3c2)cc1. The number of esters is 2. The Morgan fingerprint density at radius 3 is 1.27 bits per heavy atom. The molecule has 0 aliphatic rings. The molecule has 0 unspecified atom stereocenters. The summed E-state index contributed by atoms with van der Waals surface area (Å²) < 4.78 is 5.42. The highest BCUT2D eigenvalue weighted by Gasteiger charge is 2.22. The lowest BCUT2D eigenvalue weighted by molar-refractivity contribution is 0.0400. The van der Waals surface area contributed by atoms with Gasteiger partial charge in [-0.15, -0.1) is 0 Å². The summed E-state index contributed by atoms with van der Waals surface area (Å²) in [5.41, 5.74) is 14.1. The molecule has 6 N–H and O–H groups in total. The van der Waals surface area contributed by atoms with E-state index in [1.807, 2.05) is 0 Å². The van der Waals surface area contributed by atoms with E-state index in [-0.39, 0.29) is 11.1 Å². The number of ether oxygens (including phenoxy) is 1. The van der Waals surface area contributed by atoms with Gasteiger partial charge in [0.1, 0.15) is 0 Å².